The molecule has 0 aliphatic rings. The number of H-pyrrole nitrogens is 2. The Morgan fingerprint density at radius 1 is 1.37 bits per heavy atom. The first-order valence-electron chi connectivity index (χ1n) is 5.83. The van der Waals surface area contributed by atoms with E-state index in [0.29, 0.717) is 11.1 Å². The molecule has 0 bridgehead atoms. The highest BCUT2D eigenvalue weighted by Gasteiger charge is 2.27. The zero-order chi connectivity index (χ0) is 14.0. The fraction of sp³-hybridized carbons (Fsp3) is 0.455. The van der Waals surface area contributed by atoms with Crippen LogP contribution in [0.3, 0.4) is 0 Å². The summed E-state index contributed by atoms with van der Waals surface area (Å²) in [7, 11) is 0. The third kappa shape index (κ3) is 2.51. The molecule has 2 rings (SSSR count). The van der Waals surface area contributed by atoms with Gasteiger partial charge in [0, 0.05) is 18.4 Å². The summed E-state index contributed by atoms with van der Waals surface area (Å²) in [6.45, 7) is -0.253. The second kappa shape index (κ2) is 5.49. The molecule has 0 fully saturated rings. The number of nitrogens with two attached hydrogens (primary N) is 1. The Labute approximate surface area is 107 Å². The number of aromatic amines is 2. The van der Waals surface area contributed by atoms with Crippen molar-refractivity contribution in [2.24, 2.45) is 5.73 Å². The summed E-state index contributed by atoms with van der Waals surface area (Å²) in [5.41, 5.74) is 6.58. The molecule has 2 heterocycles. The van der Waals surface area contributed by atoms with Gasteiger partial charge in [0.05, 0.1) is 24.6 Å². The molecule has 19 heavy (non-hydrogen) atoms. The predicted octanol–water partition coefficient (Wildman–Crippen LogP) is -1.64. The van der Waals surface area contributed by atoms with Crippen molar-refractivity contribution in [2.75, 3.05) is 6.61 Å². The average molecular weight is 268 g/mol. The van der Waals surface area contributed by atoms with E-state index in [4.69, 9.17) is 10.8 Å². The van der Waals surface area contributed by atoms with E-state index in [-0.39, 0.29) is 24.1 Å². The molecule has 8 heteroatoms. The second-order valence-corrected chi connectivity index (χ2v) is 4.30. The van der Waals surface area contributed by atoms with Crippen LogP contribution in [0.25, 0.3) is 11.0 Å². The largest absolute Gasteiger partial charge is 0.396 e. The molecule has 0 aliphatic carbocycles. The van der Waals surface area contributed by atoms with E-state index in [0.717, 1.165) is 0 Å². The molecule has 0 radical (unpaired) electrons. The molecular formula is C11H16N4O4. The van der Waals surface area contributed by atoms with Crippen LogP contribution in [0, 0.1) is 0 Å². The molecule has 3 atom stereocenters. The molecular weight excluding hydrogens is 252 g/mol. The minimum atomic E-state index is -1.26. The van der Waals surface area contributed by atoms with E-state index < -0.39 is 18.2 Å². The number of fused-ring (bicyclic) bond motifs is 1. The van der Waals surface area contributed by atoms with Gasteiger partial charge in [-0.25, -0.2) is 4.98 Å². The number of hydrogen-bond donors (Lipinski definition) is 6. The van der Waals surface area contributed by atoms with E-state index in [9.17, 15) is 15.0 Å². The molecule has 3 unspecified atom stereocenters. The molecule has 2 aromatic rings. The summed E-state index contributed by atoms with van der Waals surface area (Å²) in [6.07, 6.45) is 0.336. The molecule has 0 spiro atoms. The van der Waals surface area contributed by atoms with Crippen LogP contribution in [0.5, 0.6) is 0 Å². The highest BCUT2D eigenvalue weighted by molar-refractivity contribution is 5.78. The second-order valence-electron chi connectivity index (χ2n) is 4.30. The minimum absolute atomic E-state index is 0.0191. The summed E-state index contributed by atoms with van der Waals surface area (Å²) < 4.78 is 0. The first-order valence-corrected chi connectivity index (χ1v) is 5.83. The van der Waals surface area contributed by atoms with E-state index in [2.05, 4.69) is 15.0 Å². The van der Waals surface area contributed by atoms with Gasteiger partial charge in [0.15, 0.2) is 0 Å². The summed E-state index contributed by atoms with van der Waals surface area (Å²) in [5.74, 6) is 0. The standard InChI is InChI=1S/C11H16N4O4/c12-7(10(18)6(17)1-2-16)5-3-13-9-8(5)14-4-15-11(9)19/h3-4,6-7,10,13,16-18H,1-2,12H2,(H,14,15,19). The van der Waals surface area contributed by atoms with Gasteiger partial charge in [-0.05, 0) is 6.42 Å². The fourth-order valence-electron chi connectivity index (χ4n) is 1.95. The molecule has 0 amide bonds. The highest BCUT2D eigenvalue weighted by Crippen LogP contribution is 2.23. The monoisotopic (exact) mass is 268 g/mol. The Hall–Kier alpha value is -1.74. The maximum atomic E-state index is 11.5. The van der Waals surface area contributed by atoms with Gasteiger partial charge in [-0.15, -0.1) is 0 Å². The van der Waals surface area contributed by atoms with E-state index >= 15 is 0 Å². The lowest BCUT2D eigenvalue weighted by Crippen LogP contribution is -2.37. The van der Waals surface area contributed by atoms with Gasteiger partial charge in [0.25, 0.3) is 5.56 Å². The lowest BCUT2D eigenvalue weighted by atomic mass is 9.98. The third-order valence-electron chi connectivity index (χ3n) is 3.04. The Balaban J connectivity index is 2.34. The van der Waals surface area contributed by atoms with Gasteiger partial charge >= 0.3 is 0 Å². The van der Waals surface area contributed by atoms with Gasteiger partial charge in [-0.3, -0.25) is 4.79 Å². The Kier molecular flexibility index (Phi) is 3.96. The van der Waals surface area contributed by atoms with Crippen molar-refractivity contribution in [3.63, 3.8) is 0 Å². The number of hydrogen-bond acceptors (Lipinski definition) is 6. The van der Waals surface area contributed by atoms with Crippen molar-refractivity contribution in [3.05, 3.63) is 28.4 Å². The summed E-state index contributed by atoms with van der Waals surface area (Å²) in [6, 6.07) is -0.912. The molecule has 7 N–H and O–H groups in total. The van der Waals surface area contributed by atoms with Gasteiger partial charge in [0.1, 0.15) is 11.0 Å². The number of aromatic nitrogens is 3. The van der Waals surface area contributed by atoms with Crippen molar-refractivity contribution in [1.29, 1.82) is 0 Å². The first-order chi connectivity index (χ1) is 9.06. The number of rotatable bonds is 5. The van der Waals surface area contributed by atoms with E-state index in [1.807, 2.05) is 0 Å². The van der Waals surface area contributed by atoms with Crippen LogP contribution in [0.4, 0.5) is 0 Å². The first kappa shape index (κ1) is 13.7. The summed E-state index contributed by atoms with van der Waals surface area (Å²) in [4.78, 5) is 20.7. The Morgan fingerprint density at radius 3 is 2.79 bits per heavy atom. The minimum Gasteiger partial charge on any atom is -0.396 e. The van der Waals surface area contributed by atoms with E-state index in [1.54, 1.807) is 0 Å². The van der Waals surface area contributed by atoms with Crippen molar-refractivity contribution in [3.8, 4) is 0 Å². The summed E-state index contributed by atoms with van der Waals surface area (Å²) in [5, 5.41) is 28.3. The van der Waals surface area contributed by atoms with Crippen LogP contribution in [0.2, 0.25) is 0 Å². The van der Waals surface area contributed by atoms with Crippen LogP contribution in [0.15, 0.2) is 17.3 Å². The smallest absolute Gasteiger partial charge is 0.275 e. The molecule has 104 valence electrons. The Bertz CT molecular complexity index is 608. The third-order valence-corrected chi connectivity index (χ3v) is 3.04. The maximum absolute atomic E-state index is 11.5. The molecule has 0 saturated heterocycles. The van der Waals surface area contributed by atoms with Gasteiger partial charge in [-0.2, -0.15) is 0 Å². The van der Waals surface area contributed by atoms with Crippen molar-refractivity contribution >= 4 is 11.0 Å². The van der Waals surface area contributed by atoms with Crippen LogP contribution in [-0.4, -0.2) is 49.1 Å². The fourth-order valence-corrected chi connectivity index (χ4v) is 1.95. The normalized spacial score (nSPS) is 16.4. The van der Waals surface area contributed by atoms with Crippen LogP contribution >= 0.6 is 0 Å². The van der Waals surface area contributed by atoms with Crippen molar-refractivity contribution in [2.45, 2.75) is 24.7 Å². The van der Waals surface area contributed by atoms with Crippen LogP contribution in [0.1, 0.15) is 18.0 Å². The highest BCUT2D eigenvalue weighted by atomic mass is 16.3. The van der Waals surface area contributed by atoms with Crippen molar-refractivity contribution in [1.82, 2.24) is 15.0 Å². The van der Waals surface area contributed by atoms with Gasteiger partial charge in [-0.1, -0.05) is 0 Å². The lowest BCUT2D eigenvalue weighted by molar-refractivity contribution is -0.00858. The van der Waals surface area contributed by atoms with Crippen LogP contribution < -0.4 is 11.3 Å². The topological polar surface area (TPSA) is 148 Å². The number of aliphatic hydroxyl groups excluding tert-OH is 3. The quantitative estimate of drug-likeness (QED) is 0.383. The molecule has 0 saturated carbocycles. The predicted molar refractivity (Wildman–Crippen MR) is 67.4 cm³/mol. The lowest BCUT2D eigenvalue weighted by Gasteiger charge is -2.22. The number of nitrogens with one attached hydrogen (secondary N) is 2. The van der Waals surface area contributed by atoms with Crippen molar-refractivity contribution < 1.29 is 15.3 Å². The van der Waals surface area contributed by atoms with Crippen LogP contribution in [-0.2, 0) is 0 Å². The number of nitrogens with zero attached hydrogens (tertiary/aromatic N) is 1. The van der Waals surface area contributed by atoms with E-state index in [1.165, 1.54) is 12.5 Å². The molecule has 0 aliphatic heterocycles. The maximum Gasteiger partial charge on any atom is 0.275 e. The SMILES string of the molecule is NC(c1c[nH]c2c(=O)[nH]cnc12)C(O)C(O)CCO. The summed E-state index contributed by atoms with van der Waals surface area (Å²) >= 11 is 0. The Morgan fingerprint density at radius 2 is 2.11 bits per heavy atom. The van der Waals surface area contributed by atoms with Gasteiger partial charge in [0.2, 0.25) is 0 Å². The number of aliphatic hydroxyl groups is 3. The molecule has 2 aromatic heterocycles. The zero-order valence-corrected chi connectivity index (χ0v) is 10.1. The van der Waals surface area contributed by atoms with Gasteiger partial charge < -0.3 is 31.0 Å². The average Bonchev–Trinajstić information content (AvgIpc) is 2.82. The molecule has 0 aromatic carbocycles. The zero-order valence-electron chi connectivity index (χ0n) is 10.1. The molecule has 8 nitrogen and oxygen atoms in total.